The third-order valence-electron chi connectivity index (χ3n) is 2.83. The summed E-state index contributed by atoms with van der Waals surface area (Å²) in [6.07, 6.45) is 4.67. The van der Waals surface area contributed by atoms with E-state index in [0.717, 1.165) is 11.1 Å². The number of carbonyl (C=O) groups excluding carboxylic acids is 1. The molecule has 98 valence electrons. The maximum Gasteiger partial charge on any atom is 0.407 e. The molecule has 1 aliphatic rings. The first-order valence-electron chi connectivity index (χ1n) is 6.12. The van der Waals surface area contributed by atoms with Gasteiger partial charge in [0.15, 0.2) is 0 Å². The van der Waals surface area contributed by atoms with Gasteiger partial charge in [-0.15, -0.1) is 0 Å². The molecule has 0 bridgehead atoms. The smallest absolute Gasteiger partial charge is 0.407 e. The quantitative estimate of drug-likeness (QED) is 0.796. The summed E-state index contributed by atoms with van der Waals surface area (Å²) in [5.74, 6) is 5.98. The zero-order chi connectivity index (χ0) is 13.8. The second kappa shape index (κ2) is 5.41. The van der Waals surface area contributed by atoms with Gasteiger partial charge in [-0.2, -0.15) is 0 Å². The van der Waals surface area contributed by atoms with E-state index in [1.807, 2.05) is 24.3 Å². The van der Waals surface area contributed by atoms with Crippen LogP contribution in [0.3, 0.4) is 0 Å². The number of nitrogens with one attached hydrogen (secondary N) is 1. The Bertz CT molecular complexity index is 689. The highest BCUT2D eigenvalue weighted by molar-refractivity contribution is 5.70. The normalized spacial score (nSPS) is 16.8. The topological polar surface area (TPSA) is 64.1 Å². The number of hydrogen-bond donors (Lipinski definition) is 1. The van der Waals surface area contributed by atoms with E-state index in [-0.39, 0.29) is 6.04 Å². The second-order valence-electron chi connectivity index (χ2n) is 4.27. The molecule has 1 aliphatic heterocycles. The molecule has 2 aromatic rings. The number of alkyl carbamates (subject to hydrolysis) is 1. The van der Waals surface area contributed by atoms with E-state index < -0.39 is 6.09 Å². The minimum Gasteiger partial charge on any atom is -0.447 e. The molecular weight excluding hydrogens is 254 g/mol. The van der Waals surface area contributed by atoms with Crippen molar-refractivity contribution in [3.63, 3.8) is 0 Å². The number of hydrogen-bond acceptors (Lipinski definition) is 4. The summed E-state index contributed by atoms with van der Waals surface area (Å²) >= 11 is 0. The molecule has 0 unspecified atom stereocenters. The van der Waals surface area contributed by atoms with E-state index in [0.29, 0.717) is 12.3 Å². The third kappa shape index (κ3) is 2.75. The zero-order valence-electron chi connectivity index (χ0n) is 10.5. The molecule has 0 aromatic carbocycles. The van der Waals surface area contributed by atoms with Crippen molar-refractivity contribution in [2.75, 3.05) is 6.61 Å². The Labute approximate surface area is 116 Å². The first kappa shape index (κ1) is 12.2. The Morgan fingerprint density at radius 2 is 2.25 bits per heavy atom. The summed E-state index contributed by atoms with van der Waals surface area (Å²) in [4.78, 5) is 19.3. The lowest BCUT2D eigenvalue weighted by atomic mass is 10.1. The molecule has 1 atom stereocenters. The standard InChI is InChI=1S/C15H11N3O2/c19-15-18-14(10-20-15)12-7-11(8-16-9-12)4-5-13-3-1-2-6-17-13/h1-3,6-9,14H,10H2,(H,18,19)/t14-/m0/s1. The van der Waals surface area contributed by atoms with Crippen molar-refractivity contribution in [3.05, 3.63) is 59.7 Å². The van der Waals surface area contributed by atoms with Crippen LogP contribution in [0.15, 0.2) is 42.9 Å². The minimum absolute atomic E-state index is 0.161. The molecule has 20 heavy (non-hydrogen) atoms. The molecule has 0 spiro atoms. The maximum atomic E-state index is 11.0. The van der Waals surface area contributed by atoms with Gasteiger partial charge in [0.2, 0.25) is 0 Å². The number of rotatable bonds is 1. The lowest BCUT2D eigenvalue weighted by Crippen LogP contribution is -2.18. The first-order valence-corrected chi connectivity index (χ1v) is 6.12. The van der Waals surface area contributed by atoms with Crippen LogP contribution in [0.5, 0.6) is 0 Å². The SMILES string of the molecule is O=C1N[C@H](c2cncc(C#Cc3ccccn3)c2)CO1. The van der Waals surface area contributed by atoms with Crippen molar-refractivity contribution in [2.24, 2.45) is 0 Å². The number of amides is 1. The summed E-state index contributed by atoms with van der Waals surface area (Å²) in [7, 11) is 0. The van der Waals surface area contributed by atoms with Gasteiger partial charge < -0.3 is 10.1 Å². The average molecular weight is 265 g/mol. The van der Waals surface area contributed by atoms with Crippen LogP contribution in [-0.2, 0) is 4.74 Å². The van der Waals surface area contributed by atoms with Crippen LogP contribution in [0, 0.1) is 11.8 Å². The van der Waals surface area contributed by atoms with Crippen molar-refractivity contribution in [1.29, 1.82) is 0 Å². The molecule has 2 aromatic heterocycles. The fourth-order valence-corrected chi connectivity index (χ4v) is 1.85. The van der Waals surface area contributed by atoms with Gasteiger partial charge in [0.05, 0.1) is 6.04 Å². The predicted molar refractivity (Wildman–Crippen MR) is 71.7 cm³/mol. The van der Waals surface area contributed by atoms with E-state index in [1.165, 1.54) is 0 Å². The van der Waals surface area contributed by atoms with E-state index in [2.05, 4.69) is 27.1 Å². The number of carbonyl (C=O) groups is 1. The fourth-order valence-electron chi connectivity index (χ4n) is 1.85. The summed E-state index contributed by atoms with van der Waals surface area (Å²) < 4.78 is 4.87. The molecule has 3 heterocycles. The van der Waals surface area contributed by atoms with E-state index in [4.69, 9.17) is 4.74 Å². The Morgan fingerprint density at radius 3 is 3.00 bits per heavy atom. The Kier molecular flexibility index (Phi) is 3.29. The molecule has 0 aliphatic carbocycles. The summed E-state index contributed by atoms with van der Waals surface area (Å²) in [5, 5.41) is 2.71. The Morgan fingerprint density at radius 1 is 1.30 bits per heavy atom. The van der Waals surface area contributed by atoms with Crippen LogP contribution in [0.1, 0.15) is 22.9 Å². The number of ether oxygens (including phenoxy) is 1. The van der Waals surface area contributed by atoms with Crippen molar-refractivity contribution < 1.29 is 9.53 Å². The lowest BCUT2D eigenvalue weighted by Gasteiger charge is -2.06. The van der Waals surface area contributed by atoms with Crippen molar-refractivity contribution in [2.45, 2.75) is 6.04 Å². The average Bonchev–Trinajstić information content (AvgIpc) is 2.93. The molecule has 1 amide bonds. The molecule has 1 N–H and O–H groups in total. The molecule has 1 saturated heterocycles. The van der Waals surface area contributed by atoms with Gasteiger partial charge in [-0.05, 0) is 29.7 Å². The van der Waals surface area contributed by atoms with Gasteiger partial charge in [-0.25, -0.2) is 9.78 Å². The van der Waals surface area contributed by atoms with Crippen molar-refractivity contribution in [3.8, 4) is 11.8 Å². The highest BCUT2D eigenvalue weighted by atomic mass is 16.6. The van der Waals surface area contributed by atoms with E-state index >= 15 is 0 Å². The molecule has 0 radical (unpaired) electrons. The van der Waals surface area contributed by atoms with Crippen LogP contribution in [0.2, 0.25) is 0 Å². The Hall–Kier alpha value is -2.87. The van der Waals surface area contributed by atoms with Gasteiger partial charge in [-0.1, -0.05) is 12.0 Å². The number of pyridine rings is 2. The Balaban J connectivity index is 1.82. The molecule has 5 nitrogen and oxygen atoms in total. The summed E-state index contributed by atoms with van der Waals surface area (Å²) in [6.45, 7) is 0.317. The van der Waals surface area contributed by atoms with E-state index in [1.54, 1.807) is 18.6 Å². The van der Waals surface area contributed by atoms with Gasteiger partial charge in [-0.3, -0.25) is 4.98 Å². The lowest BCUT2D eigenvalue weighted by molar-refractivity contribution is 0.177. The van der Waals surface area contributed by atoms with Crippen LogP contribution >= 0.6 is 0 Å². The number of nitrogens with zero attached hydrogens (tertiary/aromatic N) is 2. The van der Waals surface area contributed by atoms with Crippen LogP contribution in [0.4, 0.5) is 4.79 Å². The van der Waals surface area contributed by atoms with Gasteiger partial charge >= 0.3 is 6.09 Å². The van der Waals surface area contributed by atoms with Crippen LogP contribution in [0.25, 0.3) is 0 Å². The number of cyclic esters (lactones) is 1. The first-order chi connectivity index (χ1) is 9.81. The highest BCUT2D eigenvalue weighted by Crippen LogP contribution is 2.17. The number of aromatic nitrogens is 2. The van der Waals surface area contributed by atoms with Gasteiger partial charge in [0, 0.05) is 24.2 Å². The van der Waals surface area contributed by atoms with Crippen molar-refractivity contribution >= 4 is 6.09 Å². The highest BCUT2D eigenvalue weighted by Gasteiger charge is 2.23. The third-order valence-corrected chi connectivity index (χ3v) is 2.83. The largest absolute Gasteiger partial charge is 0.447 e. The second-order valence-corrected chi connectivity index (χ2v) is 4.27. The molecule has 5 heteroatoms. The van der Waals surface area contributed by atoms with Crippen LogP contribution < -0.4 is 5.32 Å². The maximum absolute atomic E-state index is 11.0. The van der Waals surface area contributed by atoms with Crippen LogP contribution in [-0.4, -0.2) is 22.7 Å². The molecule has 0 saturated carbocycles. The summed E-state index contributed by atoms with van der Waals surface area (Å²) in [6, 6.07) is 7.30. The van der Waals surface area contributed by atoms with E-state index in [9.17, 15) is 4.79 Å². The summed E-state index contributed by atoms with van der Waals surface area (Å²) in [5.41, 5.74) is 2.35. The minimum atomic E-state index is -0.403. The van der Waals surface area contributed by atoms with Gasteiger partial charge in [0.1, 0.15) is 12.3 Å². The predicted octanol–water partition coefficient (Wildman–Crippen LogP) is 1.66. The molecule has 1 fully saturated rings. The fraction of sp³-hybridized carbons (Fsp3) is 0.133. The zero-order valence-corrected chi connectivity index (χ0v) is 10.5. The molecule has 3 rings (SSSR count). The monoisotopic (exact) mass is 265 g/mol. The van der Waals surface area contributed by atoms with Gasteiger partial charge in [0.25, 0.3) is 0 Å². The van der Waals surface area contributed by atoms with Crippen molar-refractivity contribution in [1.82, 2.24) is 15.3 Å². The molecular formula is C15H11N3O2.